The molecule has 12 heteroatoms. The van der Waals surface area contributed by atoms with Gasteiger partial charge in [0.05, 0.1) is 44.1 Å². The summed E-state index contributed by atoms with van der Waals surface area (Å²) >= 11 is 0. The Balaban J connectivity index is 1.31. The lowest BCUT2D eigenvalue weighted by Crippen LogP contribution is -2.48. The number of pyridine rings is 2. The van der Waals surface area contributed by atoms with Crippen molar-refractivity contribution in [2.75, 3.05) is 69.2 Å². The molecule has 0 aliphatic carbocycles. The van der Waals surface area contributed by atoms with Gasteiger partial charge >= 0.3 is 0 Å². The summed E-state index contributed by atoms with van der Waals surface area (Å²) in [6.07, 6.45) is 4.49. The van der Waals surface area contributed by atoms with Crippen molar-refractivity contribution in [2.45, 2.75) is 31.3 Å². The summed E-state index contributed by atoms with van der Waals surface area (Å²) in [6.45, 7) is 11.4. The first-order valence-corrected chi connectivity index (χ1v) is 15.3. The molecule has 0 unspecified atom stereocenters. The molecule has 220 valence electrons. The number of halogens is 1. The van der Waals surface area contributed by atoms with Gasteiger partial charge in [-0.2, -0.15) is 0 Å². The van der Waals surface area contributed by atoms with E-state index in [0.717, 1.165) is 31.7 Å². The molecule has 41 heavy (non-hydrogen) atoms. The van der Waals surface area contributed by atoms with Gasteiger partial charge in [0.1, 0.15) is 5.82 Å². The standard InChI is InChI=1S/C29H37FN6O4S/c1-21(2)35-8-6-34(7-9-35)20-22-4-5-26(27(30)14-22)23-15-24(18-31-17-23)33-41(37,38)28-16-25(19-32-29(28)39-3)36-10-12-40-13-11-36/h4-5,14-19,21,33H,6-13,20H2,1-3H3. The second-order valence-electron chi connectivity index (χ2n) is 10.6. The molecule has 3 aromatic rings. The second kappa shape index (κ2) is 12.7. The number of benzene rings is 1. The molecule has 0 bridgehead atoms. The number of rotatable bonds is 9. The van der Waals surface area contributed by atoms with E-state index in [1.165, 1.54) is 25.6 Å². The molecular formula is C29H37FN6O4S. The third-order valence-electron chi connectivity index (χ3n) is 7.54. The molecule has 0 radical (unpaired) electrons. The monoisotopic (exact) mass is 584 g/mol. The highest BCUT2D eigenvalue weighted by atomic mass is 32.2. The average molecular weight is 585 g/mol. The van der Waals surface area contributed by atoms with Crippen molar-refractivity contribution in [1.82, 2.24) is 19.8 Å². The molecule has 2 aromatic heterocycles. The Kier molecular flexibility index (Phi) is 9.03. The zero-order chi connectivity index (χ0) is 29.0. The Hall–Kier alpha value is -3.32. The molecule has 5 rings (SSSR count). The summed E-state index contributed by atoms with van der Waals surface area (Å²) in [4.78, 5) is 15.1. The van der Waals surface area contributed by atoms with Crippen molar-refractivity contribution in [3.05, 3.63) is 60.3 Å². The van der Waals surface area contributed by atoms with E-state index >= 15 is 4.39 Å². The lowest BCUT2D eigenvalue weighted by molar-refractivity contribution is 0.104. The van der Waals surface area contributed by atoms with Gasteiger partial charge in [0.25, 0.3) is 10.0 Å². The van der Waals surface area contributed by atoms with Crippen molar-refractivity contribution in [1.29, 1.82) is 0 Å². The van der Waals surface area contributed by atoms with Crippen LogP contribution in [0, 0.1) is 5.82 Å². The van der Waals surface area contributed by atoms with Crippen LogP contribution in [0.4, 0.5) is 15.8 Å². The third kappa shape index (κ3) is 6.95. The Morgan fingerprint density at radius 1 is 1.02 bits per heavy atom. The lowest BCUT2D eigenvalue weighted by Gasteiger charge is -2.36. The minimum atomic E-state index is -4.10. The summed E-state index contributed by atoms with van der Waals surface area (Å²) < 4.78 is 55.4. The summed E-state index contributed by atoms with van der Waals surface area (Å²) in [5.74, 6) is -0.403. The van der Waals surface area contributed by atoms with E-state index < -0.39 is 10.0 Å². The summed E-state index contributed by atoms with van der Waals surface area (Å²) in [5.41, 5.74) is 2.57. The number of nitrogens with zero attached hydrogens (tertiary/aromatic N) is 5. The number of piperazine rings is 1. The van der Waals surface area contributed by atoms with Gasteiger partial charge < -0.3 is 14.4 Å². The minimum Gasteiger partial charge on any atom is -0.480 e. The van der Waals surface area contributed by atoms with E-state index in [-0.39, 0.29) is 22.3 Å². The molecule has 1 aromatic carbocycles. The smallest absolute Gasteiger partial charge is 0.267 e. The quantitative estimate of drug-likeness (QED) is 0.405. The van der Waals surface area contributed by atoms with Crippen molar-refractivity contribution in [2.24, 2.45) is 0 Å². The lowest BCUT2D eigenvalue weighted by atomic mass is 10.0. The van der Waals surface area contributed by atoms with Crippen LogP contribution in [0.25, 0.3) is 11.1 Å². The maximum atomic E-state index is 15.3. The second-order valence-corrected chi connectivity index (χ2v) is 12.2. The van der Waals surface area contributed by atoms with Gasteiger partial charge in [-0.15, -0.1) is 0 Å². The summed E-state index contributed by atoms with van der Waals surface area (Å²) in [5, 5.41) is 0. The topological polar surface area (TPSA) is 100 Å². The van der Waals surface area contributed by atoms with Gasteiger partial charge in [-0.25, -0.2) is 17.8 Å². The molecular weight excluding hydrogens is 547 g/mol. The highest BCUT2D eigenvalue weighted by Crippen LogP contribution is 2.30. The van der Waals surface area contributed by atoms with Crippen molar-refractivity contribution in [3.63, 3.8) is 0 Å². The van der Waals surface area contributed by atoms with Crippen LogP contribution in [0.1, 0.15) is 19.4 Å². The molecule has 2 saturated heterocycles. The largest absolute Gasteiger partial charge is 0.480 e. The van der Waals surface area contributed by atoms with E-state index in [4.69, 9.17) is 9.47 Å². The fourth-order valence-electron chi connectivity index (χ4n) is 5.20. The van der Waals surface area contributed by atoms with Crippen molar-refractivity contribution >= 4 is 21.4 Å². The van der Waals surface area contributed by atoms with Crippen LogP contribution in [0.15, 0.2) is 53.8 Å². The maximum absolute atomic E-state index is 15.3. The van der Waals surface area contributed by atoms with Gasteiger partial charge in [-0.05, 0) is 37.6 Å². The Bertz CT molecular complexity index is 1460. The van der Waals surface area contributed by atoms with Crippen LogP contribution in [0.5, 0.6) is 5.88 Å². The molecule has 2 aliphatic rings. The zero-order valence-corrected chi connectivity index (χ0v) is 24.5. The van der Waals surface area contributed by atoms with Crippen LogP contribution in [0.3, 0.4) is 0 Å². The van der Waals surface area contributed by atoms with E-state index in [0.29, 0.717) is 55.7 Å². The Morgan fingerprint density at radius 2 is 1.78 bits per heavy atom. The van der Waals surface area contributed by atoms with Gasteiger partial charge in [-0.3, -0.25) is 19.5 Å². The first-order chi connectivity index (χ1) is 19.7. The van der Waals surface area contributed by atoms with Gasteiger partial charge in [0.2, 0.25) is 5.88 Å². The highest BCUT2D eigenvalue weighted by Gasteiger charge is 2.24. The number of morpholine rings is 1. The fourth-order valence-corrected chi connectivity index (χ4v) is 6.38. The molecule has 10 nitrogen and oxygen atoms in total. The van der Waals surface area contributed by atoms with E-state index in [9.17, 15) is 8.42 Å². The number of methoxy groups -OCH3 is 1. The van der Waals surface area contributed by atoms with Crippen LogP contribution in [-0.4, -0.2) is 93.8 Å². The molecule has 0 atom stereocenters. The van der Waals surface area contributed by atoms with Crippen LogP contribution >= 0.6 is 0 Å². The molecule has 2 aliphatic heterocycles. The Labute approximate surface area is 241 Å². The number of hydrogen-bond donors (Lipinski definition) is 1. The predicted octanol–water partition coefficient (Wildman–Crippen LogP) is 3.45. The number of anilines is 2. The normalized spacial score (nSPS) is 17.1. The zero-order valence-electron chi connectivity index (χ0n) is 23.7. The molecule has 2 fully saturated rings. The maximum Gasteiger partial charge on any atom is 0.267 e. The first kappa shape index (κ1) is 29.2. The van der Waals surface area contributed by atoms with E-state index in [1.54, 1.807) is 24.4 Å². The van der Waals surface area contributed by atoms with Crippen molar-refractivity contribution in [3.8, 4) is 17.0 Å². The SMILES string of the molecule is COc1ncc(N2CCOCC2)cc1S(=O)(=O)Nc1cncc(-c2ccc(CN3CCN(C(C)C)CC3)cc2F)c1. The number of nitrogens with one attached hydrogen (secondary N) is 1. The van der Waals surface area contributed by atoms with Crippen LogP contribution in [0.2, 0.25) is 0 Å². The van der Waals surface area contributed by atoms with E-state index in [2.05, 4.69) is 38.3 Å². The molecule has 0 saturated carbocycles. The average Bonchev–Trinajstić information content (AvgIpc) is 2.97. The third-order valence-corrected chi connectivity index (χ3v) is 8.92. The van der Waals surface area contributed by atoms with Crippen LogP contribution < -0.4 is 14.4 Å². The van der Waals surface area contributed by atoms with Gasteiger partial charge in [-0.1, -0.05) is 12.1 Å². The van der Waals surface area contributed by atoms with E-state index in [1.807, 2.05) is 11.0 Å². The van der Waals surface area contributed by atoms with Gasteiger partial charge in [0, 0.05) is 69.2 Å². The molecule has 1 N–H and O–H groups in total. The fraction of sp³-hybridized carbons (Fsp3) is 0.448. The molecule has 0 amide bonds. The molecule has 4 heterocycles. The number of sulfonamides is 1. The molecule has 0 spiro atoms. The van der Waals surface area contributed by atoms with Crippen molar-refractivity contribution < 1.29 is 22.3 Å². The summed E-state index contributed by atoms with van der Waals surface area (Å²) in [7, 11) is -2.73. The number of aromatic nitrogens is 2. The van der Waals surface area contributed by atoms with Crippen LogP contribution in [-0.2, 0) is 21.3 Å². The first-order valence-electron chi connectivity index (χ1n) is 13.8. The minimum absolute atomic E-state index is 0.0223. The number of hydrogen-bond acceptors (Lipinski definition) is 9. The predicted molar refractivity (Wildman–Crippen MR) is 156 cm³/mol. The number of ether oxygens (including phenoxy) is 2. The Morgan fingerprint density at radius 3 is 2.46 bits per heavy atom. The highest BCUT2D eigenvalue weighted by molar-refractivity contribution is 7.92. The van der Waals surface area contributed by atoms with Gasteiger partial charge in [0.15, 0.2) is 4.90 Å². The summed E-state index contributed by atoms with van der Waals surface area (Å²) in [6, 6.07) is 8.83.